The van der Waals surface area contributed by atoms with Crippen LogP contribution in [0, 0.1) is 12.7 Å². The standard InChI is InChI=1S/C21H18FN3O/c1-13-3-2-4-14(9-13)15-10-19-18(20(26)11-15)12-23-21(25-19)24-17-7-5-16(22)6-8-17/h2-9,12,15H,10-11H2,1H3,(H,23,24,25)/t15-/m0/s1. The molecule has 1 N–H and O–H groups in total. The Morgan fingerprint density at radius 3 is 2.69 bits per heavy atom. The molecule has 1 atom stereocenters. The lowest BCUT2D eigenvalue weighted by molar-refractivity contribution is 0.0962. The lowest BCUT2D eigenvalue weighted by Crippen LogP contribution is -2.21. The van der Waals surface area contributed by atoms with E-state index in [9.17, 15) is 9.18 Å². The molecule has 0 bridgehead atoms. The van der Waals surface area contributed by atoms with Gasteiger partial charge in [-0.15, -0.1) is 0 Å². The Labute approximate surface area is 151 Å². The third-order valence-electron chi connectivity index (χ3n) is 4.65. The summed E-state index contributed by atoms with van der Waals surface area (Å²) in [5.74, 6) is 0.316. The molecule has 5 heteroatoms. The molecule has 1 aliphatic carbocycles. The van der Waals surface area contributed by atoms with Crippen molar-refractivity contribution in [1.29, 1.82) is 0 Å². The van der Waals surface area contributed by atoms with Gasteiger partial charge in [-0.05, 0) is 49.1 Å². The Kier molecular flexibility index (Phi) is 4.21. The van der Waals surface area contributed by atoms with Crippen molar-refractivity contribution in [3.05, 3.63) is 82.9 Å². The summed E-state index contributed by atoms with van der Waals surface area (Å²) in [6, 6.07) is 14.3. The second-order valence-electron chi connectivity index (χ2n) is 6.63. The lowest BCUT2D eigenvalue weighted by atomic mass is 9.82. The van der Waals surface area contributed by atoms with Crippen molar-refractivity contribution >= 4 is 17.4 Å². The SMILES string of the molecule is Cc1cccc([C@@H]2CC(=O)c3cnc(Nc4ccc(F)cc4)nc3C2)c1. The van der Waals surface area contributed by atoms with Gasteiger partial charge in [0.2, 0.25) is 5.95 Å². The summed E-state index contributed by atoms with van der Waals surface area (Å²) in [4.78, 5) is 21.3. The number of benzene rings is 2. The van der Waals surface area contributed by atoms with Crippen LogP contribution in [0.3, 0.4) is 0 Å². The number of aryl methyl sites for hydroxylation is 1. The van der Waals surface area contributed by atoms with E-state index in [4.69, 9.17) is 0 Å². The van der Waals surface area contributed by atoms with Crippen LogP contribution >= 0.6 is 0 Å². The van der Waals surface area contributed by atoms with Crippen molar-refractivity contribution in [3.63, 3.8) is 0 Å². The second-order valence-corrected chi connectivity index (χ2v) is 6.63. The molecule has 1 aromatic heterocycles. The van der Waals surface area contributed by atoms with E-state index >= 15 is 0 Å². The first-order chi connectivity index (χ1) is 12.6. The molecule has 0 amide bonds. The van der Waals surface area contributed by atoms with E-state index in [0.717, 1.165) is 11.3 Å². The Hall–Kier alpha value is -3.08. The Morgan fingerprint density at radius 1 is 1.12 bits per heavy atom. The highest BCUT2D eigenvalue weighted by Crippen LogP contribution is 2.32. The number of ketones is 1. The fraction of sp³-hybridized carbons (Fsp3) is 0.190. The van der Waals surface area contributed by atoms with Crippen LogP contribution in [-0.2, 0) is 6.42 Å². The van der Waals surface area contributed by atoms with E-state index in [0.29, 0.717) is 30.0 Å². The van der Waals surface area contributed by atoms with Crippen LogP contribution in [0.4, 0.5) is 16.0 Å². The number of carbonyl (C=O) groups is 1. The smallest absolute Gasteiger partial charge is 0.227 e. The van der Waals surface area contributed by atoms with Crippen LogP contribution in [-0.4, -0.2) is 15.8 Å². The maximum Gasteiger partial charge on any atom is 0.227 e. The third kappa shape index (κ3) is 3.33. The van der Waals surface area contributed by atoms with E-state index in [-0.39, 0.29) is 17.5 Å². The van der Waals surface area contributed by atoms with E-state index in [1.54, 1.807) is 18.3 Å². The van der Waals surface area contributed by atoms with Gasteiger partial charge in [-0.3, -0.25) is 4.79 Å². The minimum atomic E-state index is -0.298. The fourth-order valence-electron chi connectivity index (χ4n) is 3.33. The van der Waals surface area contributed by atoms with Gasteiger partial charge in [0.25, 0.3) is 0 Å². The van der Waals surface area contributed by atoms with Gasteiger partial charge in [-0.25, -0.2) is 14.4 Å². The largest absolute Gasteiger partial charge is 0.324 e. The molecule has 0 fully saturated rings. The zero-order valence-corrected chi connectivity index (χ0v) is 14.4. The van der Waals surface area contributed by atoms with Crippen LogP contribution in [0.25, 0.3) is 0 Å². The highest BCUT2D eigenvalue weighted by molar-refractivity contribution is 5.98. The maximum absolute atomic E-state index is 13.0. The number of rotatable bonds is 3. The summed E-state index contributed by atoms with van der Waals surface area (Å²) >= 11 is 0. The van der Waals surface area contributed by atoms with Gasteiger partial charge < -0.3 is 5.32 Å². The van der Waals surface area contributed by atoms with Crippen LogP contribution in [0.5, 0.6) is 0 Å². The molecule has 0 saturated carbocycles. The maximum atomic E-state index is 13.0. The molecule has 0 saturated heterocycles. The molecule has 0 aliphatic heterocycles. The Balaban J connectivity index is 1.61. The zero-order chi connectivity index (χ0) is 18.1. The average Bonchev–Trinajstić information content (AvgIpc) is 2.63. The fourth-order valence-corrected chi connectivity index (χ4v) is 3.33. The topological polar surface area (TPSA) is 54.9 Å². The van der Waals surface area contributed by atoms with E-state index in [2.05, 4.69) is 40.4 Å². The first-order valence-corrected chi connectivity index (χ1v) is 8.57. The quantitative estimate of drug-likeness (QED) is 0.753. The number of fused-ring (bicyclic) bond motifs is 1. The molecule has 1 heterocycles. The summed E-state index contributed by atoms with van der Waals surface area (Å²) in [6.45, 7) is 2.05. The van der Waals surface area contributed by atoms with Crippen LogP contribution < -0.4 is 5.32 Å². The molecule has 4 rings (SSSR count). The Bertz CT molecular complexity index is 969. The van der Waals surface area contributed by atoms with Gasteiger partial charge in [-0.2, -0.15) is 0 Å². The lowest BCUT2D eigenvalue weighted by Gasteiger charge is -2.23. The molecular weight excluding hydrogens is 329 g/mol. The third-order valence-corrected chi connectivity index (χ3v) is 4.65. The summed E-state index contributed by atoms with van der Waals surface area (Å²) < 4.78 is 13.0. The van der Waals surface area contributed by atoms with Crippen molar-refractivity contribution in [2.45, 2.75) is 25.7 Å². The number of nitrogens with zero attached hydrogens (tertiary/aromatic N) is 2. The summed E-state index contributed by atoms with van der Waals surface area (Å²) in [7, 11) is 0. The molecular formula is C21H18FN3O. The van der Waals surface area contributed by atoms with Gasteiger partial charge in [0.05, 0.1) is 11.3 Å². The number of halogens is 1. The van der Waals surface area contributed by atoms with Crippen LogP contribution in [0.1, 0.15) is 39.5 Å². The summed E-state index contributed by atoms with van der Waals surface area (Å²) in [5.41, 5.74) is 4.40. The van der Waals surface area contributed by atoms with Gasteiger partial charge in [0.1, 0.15) is 5.82 Å². The van der Waals surface area contributed by atoms with Crippen LogP contribution in [0.2, 0.25) is 0 Å². The number of Topliss-reactive ketones (excluding diaryl/α,β-unsaturated/α-hetero) is 1. The average molecular weight is 347 g/mol. The van der Waals surface area contributed by atoms with E-state index < -0.39 is 0 Å². The van der Waals surface area contributed by atoms with Gasteiger partial charge in [0, 0.05) is 18.3 Å². The number of hydrogen-bond acceptors (Lipinski definition) is 4. The first kappa shape index (κ1) is 16.4. The molecule has 0 unspecified atom stereocenters. The van der Waals surface area contributed by atoms with Crippen LogP contribution in [0.15, 0.2) is 54.7 Å². The molecule has 130 valence electrons. The van der Waals surface area contributed by atoms with E-state index in [1.165, 1.54) is 17.7 Å². The monoisotopic (exact) mass is 347 g/mol. The highest BCUT2D eigenvalue weighted by atomic mass is 19.1. The highest BCUT2D eigenvalue weighted by Gasteiger charge is 2.28. The predicted molar refractivity (Wildman–Crippen MR) is 98.3 cm³/mol. The van der Waals surface area contributed by atoms with Crippen molar-refractivity contribution in [1.82, 2.24) is 9.97 Å². The number of anilines is 2. The van der Waals surface area contributed by atoms with Gasteiger partial charge in [0.15, 0.2) is 5.78 Å². The normalized spacial score (nSPS) is 16.2. The van der Waals surface area contributed by atoms with Gasteiger partial charge in [-0.1, -0.05) is 29.8 Å². The number of nitrogens with one attached hydrogen (secondary N) is 1. The first-order valence-electron chi connectivity index (χ1n) is 8.57. The number of carbonyl (C=O) groups excluding carboxylic acids is 1. The van der Waals surface area contributed by atoms with Crippen molar-refractivity contribution in [2.24, 2.45) is 0 Å². The van der Waals surface area contributed by atoms with Crippen molar-refractivity contribution in [3.8, 4) is 0 Å². The molecule has 1 aliphatic rings. The minimum absolute atomic E-state index is 0.0751. The minimum Gasteiger partial charge on any atom is -0.324 e. The summed E-state index contributed by atoms with van der Waals surface area (Å²) in [6.07, 6.45) is 2.76. The number of aromatic nitrogens is 2. The molecule has 0 spiro atoms. The number of hydrogen-bond donors (Lipinski definition) is 1. The predicted octanol–water partition coefficient (Wildman–Crippen LogP) is 4.58. The van der Waals surface area contributed by atoms with Crippen molar-refractivity contribution < 1.29 is 9.18 Å². The molecule has 3 aromatic rings. The summed E-state index contributed by atoms with van der Waals surface area (Å²) in [5, 5.41) is 3.06. The zero-order valence-electron chi connectivity index (χ0n) is 14.4. The second kappa shape index (κ2) is 6.67. The molecule has 26 heavy (non-hydrogen) atoms. The Morgan fingerprint density at radius 2 is 1.92 bits per heavy atom. The molecule has 0 radical (unpaired) electrons. The van der Waals surface area contributed by atoms with E-state index in [1.807, 2.05) is 6.07 Å². The molecule has 2 aromatic carbocycles. The molecule has 4 nitrogen and oxygen atoms in total. The van der Waals surface area contributed by atoms with Gasteiger partial charge >= 0.3 is 0 Å². The van der Waals surface area contributed by atoms with Crippen molar-refractivity contribution in [2.75, 3.05) is 5.32 Å².